The highest BCUT2D eigenvalue weighted by Gasteiger charge is 2.16. The average Bonchev–Trinajstić information content (AvgIpc) is 2.29. The van der Waals surface area contributed by atoms with Gasteiger partial charge in [-0.05, 0) is 19.1 Å². The van der Waals surface area contributed by atoms with Crippen molar-refractivity contribution in [2.24, 2.45) is 0 Å². The van der Waals surface area contributed by atoms with E-state index in [-0.39, 0.29) is 0 Å². The molecule has 1 amide bonds. The number of carbonyl (C=O) groups excluding carboxylic acids is 2. The van der Waals surface area contributed by atoms with Crippen LogP contribution in [-0.2, 0) is 9.53 Å². The highest BCUT2D eigenvalue weighted by atomic mass is 16.6. The summed E-state index contributed by atoms with van der Waals surface area (Å²) < 4.78 is 9.38. The molecule has 1 rings (SSSR count). The third-order valence-corrected chi connectivity index (χ3v) is 1.84. The predicted octanol–water partition coefficient (Wildman–Crippen LogP) is 1.34. The lowest BCUT2D eigenvalue weighted by Gasteiger charge is -2.11. The average molecular weight is 223 g/mol. The molecule has 86 valence electrons. The van der Waals surface area contributed by atoms with Crippen LogP contribution >= 0.6 is 0 Å². The summed E-state index contributed by atoms with van der Waals surface area (Å²) >= 11 is 0. The van der Waals surface area contributed by atoms with Gasteiger partial charge in [-0.2, -0.15) is 0 Å². The van der Waals surface area contributed by atoms with Crippen LogP contribution in [0.15, 0.2) is 30.3 Å². The van der Waals surface area contributed by atoms with Gasteiger partial charge in [-0.3, -0.25) is 0 Å². The Bertz CT molecular complexity index is 364. The molecule has 0 bridgehead atoms. The standard InChI is InChI=1S/C11H13NO4/c1-8(10(13)15-2)12-11(14)16-9-6-4-3-5-7-9/h3-8H,1-2H3,(H,12,14)/t8-/m0/s1. The molecule has 5 nitrogen and oxygen atoms in total. The normalized spacial score (nSPS) is 11.4. The van der Waals surface area contributed by atoms with Crippen molar-refractivity contribution >= 4 is 12.1 Å². The van der Waals surface area contributed by atoms with Crippen molar-refractivity contribution in [3.05, 3.63) is 30.3 Å². The number of rotatable bonds is 3. The Morgan fingerprint density at radius 2 is 1.88 bits per heavy atom. The van der Waals surface area contributed by atoms with Gasteiger partial charge in [0.15, 0.2) is 0 Å². The molecule has 0 radical (unpaired) electrons. The van der Waals surface area contributed by atoms with E-state index in [2.05, 4.69) is 10.1 Å². The van der Waals surface area contributed by atoms with Gasteiger partial charge in [-0.25, -0.2) is 9.59 Å². The summed E-state index contributed by atoms with van der Waals surface area (Å²) in [7, 11) is 1.25. The Morgan fingerprint density at radius 1 is 1.25 bits per heavy atom. The fourth-order valence-corrected chi connectivity index (χ4v) is 1.04. The maximum atomic E-state index is 11.3. The SMILES string of the molecule is COC(=O)[C@H](C)NC(=O)Oc1ccccc1. The van der Waals surface area contributed by atoms with Gasteiger partial charge in [-0.15, -0.1) is 0 Å². The number of benzene rings is 1. The van der Waals surface area contributed by atoms with Crippen LogP contribution in [0.1, 0.15) is 6.92 Å². The van der Waals surface area contributed by atoms with Gasteiger partial charge < -0.3 is 14.8 Å². The molecule has 1 aromatic rings. The molecular weight excluding hydrogens is 210 g/mol. The number of hydrogen-bond donors (Lipinski definition) is 1. The number of hydrogen-bond acceptors (Lipinski definition) is 4. The molecular formula is C11H13NO4. The van der Waals surface area contributed by atoms with E-state index in [1.165, 1.54) is 14.0 Å². The van der Waals surface area contributed by atoms with Crippen molar-refractivity contribution < 1.29 is 19.1 Å². The zero-order valence-corrected chi connectivity index (χ0v) is 9.10. The van der Waals surface area contributed by atoms with Crippen LogP contribution in [0.25, 0.3) is 0 Å². The summed E-state index contributed by atoms with van der Waals surface area (Å²) in [5.74, 6) is -0.109. The van der Waals surface area contributed by atoms with E-state index in [1.54, 1.807) is 24.3 Å². The molecule has 0 heterocycles. The van der Waals surface area contributed by atoms with Crippen LogP contribution in [0.4, 0.5) is 4.79 Å². The zero-order valence-electron chi connectivity index (χ0n) is 9.10. The van der Waals surface area contributed by atoms with Crippen LogP contribution in [0, 0.1) is 0 Å². The molecule has 0 fully saturated rings. The smallest absolute Gasteiger partial charge is 0.413 e. The Balaban J connectivity index is 2.45. The molecule has 0 aromatic heterocycles. The van der Waals surface area contributed by atoms with E-state index in [9.17, 15) is 9.59 Å². The largest absolute Gasteiger partial charge is 0.467 e. The first kappa shape index (κ1) is 12.0. The lowest BCUT2D eigenvalue weighted by molar-refractivity contribution is -0.142. The van der Waals surface area contributed by atoms with E-state index >= 15 is 0 Å². The Kier molecular flexibility index (Phi) is 4.32. The minimum Gasteiger partial charge on any atom is -0.467 e. The van der Waals surface area contributed by atoms with Gasteiger partial charge in [0.25, 0.3) is 0 Å². The Labute approximate surface area is 93.4 Å². The third-order valence-electron chi connectivity index (χ3n) is 1.84. The van der Waals surface area contributed by atoms with Gasteiger partial charge in [0.05, 0.1) is 7.11 Å². The summed E-state index contributed by atoms with van der Waals surface area (Å²) in [6.45, 7) is 1.51. The van der Waals surface area contributed by atoms with E-state index in [0.717, 1.165) is 0 Å². The monoisotopic (exact) mass is 223 g/mol. The molecule has 1 N–H and O–H groups in total. The second kappa shape index (κ2) is 5.75. The molecule has 0 aliphatic carbocycles. The van der Waals surface area contributed by atoms with Crippen LogP contribution in [0.5, 0.6) is 5.75 Å². The van der Waals surface area contributed by atoms with Gasteiger partial charge in [0, 0.05) is 0 Å². The quantitative estimate of drug-likeness (QED) is 0.785. The molecule has 0 unspecified atom stereocenters. The van der Waals surface area contributed by atoms with Gasteiger partial charge in [0.1, 0.15) is 11.8 Å². The number of para-hydroxylation sites is 1. The topological polar surface area (TPSA) is 64.6 Å². The molecule has 0 aliphatic heterocycles. The molecule has 1 aromatic carbocycles. The Hall–Kier alpha value is -2.04. The fraction of sp³-hybridized carbons (Fsp3) is 0.273. The molecule has 5 heteroatoms. The molecule has 16 heavy (non-hydrogen) atoms. The molecule has 0 aliphatic rings. The highest BCUT2D eigenvalue weighted by molar-refractivity contribution is 5.81. The van der Waals surface area contributed by atoms with Crippen LogP contribution in [0.2, 0.25) is 0 Å². The predicted molar refractivity (Wildman–Crippen MR) is 57.1 cm³/mol. The van der Waals surface area contributed by atoms with E-state index in [4.69, 9.17) is 4.74 Å². The minimum atomic E-state index is -0.735. The fourth-order valence-electron chi connectivity index (χ4n) is 1.04. The van der Waals surface area contributed by atoms with E-state index in [0.29, 0.717) is 5.75 Å². The van der Waals surface area contributed by atoms with Crippen molar-refractivity contribution in [2.45, 2.75) is 13.0 Å². The molecule has 0 saturated carbocycles. The lowest BCUT2D eigenvalue weighted by atomic mass is 10.3. The summed E-state index contributed by atoms with van der Waals surface area (Å²) in [6, 6.07) is 7.84. The van der Waals surface area contributed by atoms with Gasteiger partial charge >= 0.3 is 12.1 Å². The number of esters is 1. The summed E-state index contributed by atoms with van der Waals surface area (Å²) in [5.41, 5.74) is 0. The molecule has 0 spiro atoms. The molecule has 1 atom stereocenters. The molecule has 0 saturated heterocycles. The van der Waals surface area contributed by atoms with Crippen LogP contribution in [0.3, 0.4) is 0 Å². The first-order chi connectivity index (χ1) is 7.63. The summed E-state index contributed by atoms with van der Waals surface area (Å²) in [4.78, 5) is 22.3. The second-order valence-corrected chi connectivity index (χ2v) is 3.09. The van der Waals surface area contributed by atoms with Crippen molar-refractivity contribution in [2.75, 3.05) is 7.11 Å². The van der Waals surface area contributed by atoms with Crippen LogP contribution in [-0.4, -0.2) is 25.2 Å². The summed E-state index contributed by atoms with van der Waals surface area (Å²) in [6.07, 6.45) is -0.691. The van der Waals surface area contributed by atoms with Gasteiger partial charge in [0.2, 0.25) is 0 Å². The van der Waals surface area contributed by atoms with Crippen LogP contribution < -0.4 is 10.1 Å². The maximum absolute atomic E-state index is 11.3. The zero-order chi connectivity index (χ0) is 12.0. The van der Waals surface area contributed by atoms with Crippen molar-refractivity contribution in [3.63, 3.8) is 0 Å². The Morgan fingerprint density at radius 3 is 2.44 bits per heavy atom. The maximum Gasteiger partial charge on any atom is 0.413 e. The number of carbonyl (C=O) groups is 2. The van der Waals surface area contributed by atoms with Gasteiger partial charge in [-0.1, -0.05) is 18.2 Å². The summed E-state index contributed by atoms with van der Waals surface area (Å²) in [5, 5.41) is 2.34. The first-order valence-electron chi connectivity index (χ1n) is 4.74. The second-order valence-electron chi connectivity index (χ2n) is 3.09. The lowest BCUT2D eigenvalue weighted by Crippen LogP contribution is -2.40. The third kappa shape index (κ3) is 3.61. The number of amides is 1. The van der Waals surface area contributed by atoms with E-state index < -0.39 is 18.1 Å². The number of methoxy groups -OCH3 is 1. The van der Waals surface area contributed by atoms with Crippen molar-refractivity contribution in [3.8, 4) is 5.75 Å². The minimum absolute atomic E-state index is 0.414. The number of nitrogens with one attached hydrogen (secondary N) is 1. The first-order valence-corrected chi connectivity index (χ1v) is 4.74. The van der Waals surface area contributed by atoms with Crippen molar-refractivity contribution in [1.82, 2.24) is 5.32 Å². The van der Waals surface area contributed by atoms with E-state index in [1.807, 2.05) is 6.07 Å². The van der Waals surface area contributed by atoms with Crippen molar-refractivity contribution in [1.29, 1.82) is 0 Å². The number of ether oxygens (including phenoxy) is 2. The highest BCUT2D eigenvalue weighted by Crippen LogP contribution is 2.08.